The van der Waals surface area contributed by atoms with Crippen molar-refractivity contribution in [2.45, 2.75) is 38.5 Å². The predicted octanol–water partition coefficient (Wildman–Crippen LogP) is 2.07. The molecular weight excluding hydrogens is 380 g/mol. The van der Waals surface area contributed by atoms with Gasteiger partial charge in [-0.1, -0.05) is 32.4 Å². The van der Waals surface area contributed by atoms with E-state index in [1.54, 1.807) is 29.1 Å². The molecule has 3 N–H and O–H groups in total. The largest absolute Gasteiger partial charge is 0.396 e. The van der Waals surface area contributed by atoms with Gasteiger partial charge in [0.1, 0.15) is 0 Å². The summed E-state index contributed by atoms with van der Waals surface area (Å²) in [6.45, 7) is 5.76. The number of halogens is 1. The van der Waals surface area contributed by atoms with E-state index in [1.807, 2.05) is 26.8 Å². The van der Waals surface area contributed by atoms with Gasteiger partial charge < -0.3 is 10.8 Å². The van der Waals surface area contributed by atoms with Crippen LogP contribution >= 0.6 is 11.6 Å². The van der Waals surface area contributed by atoms with Crippen LogP contribution in [0.3, 0.4) is 0 Å². The fourth-order valence-electron chi connectivity index (χ4n) is 3.47. The van der Waals surface area contributed by atoms with Gasteiger partial charge in [0.2, 0.25) is 5.91 Å². The van der Waals surface area contributed by atoms with Gasteiger partial charge in [-0.25, -0.2) is 0 Å². The number of aliphatic hydroxyl groups excluding tert-OH is 1. The summed E-state index contributed by atoms with van der Waals surface area (Å²) >= 11 is 6.01. The molecule has 148 valence electrons. The number of hydrogen-bond donors (Lipinski definition) is 2. The lowest BCUT2D eigenvalue weighted by molar-refractivity contribution is -0.114. The van der Waals surface area contributed by atoms with Crippen LogP contribution < -0.4 is 5.73 Å². The van der Waals surface area contributed by atoms with E-state index in [9.17, 15) is 9.90 Å². The monoisotopic (exact) mass is 402 g/mol. The third-order valence-corrected chi connectivity index (χ3v) is 5.36. The van der Waals surface area contributed by atoms with Crippen molar-refractivity contribution in [1.82, 2.24) is 25.2 Å². The van der Waals surface area contributed by atoms with Crippen molar-refractivity contribution in [3.8, 4) is 0 Å². The van der Waals surface area contributed by atoms with Gasteiger partial charge in [-0.2, -0.15) is 4.68 Å². The Hall–Kier alpha value is -2.58. The van der Waals surface area contributed by atoms with E-state index in [1.165, 1.54) is 0 Å². The van der Waals surface area contributed by atoms with Crippen molar-refractivity contribution in [3.63, 3.8) is 0 Å². The van der Waals surface area contributed by atoms with E-state index in [2.05, 4.69) is 20.5 Å². The van der Waals surface area contributed by atoms with Crippen molar-refractivity contribution in [2.75, 3.05) is 6.61 Å². The SMILES string of the molecule is CC(C)c1nnnn1C1=CC(c2ccc(Cl)cn2)([C@H](C)CO)CC(C(N)=O)=C1. The highest BCUT2D eigenvalue weighted by Crippen LogP contribution is 2.43. The molecule has 3 rings (SSSR count). The quantitative estimate of drug-likeness (QED) is 0.763. The topological polar surface area (TPSA) is 120 Å². The maximum absolute atomic E-state index is 12.1. The number of nitrogens with zero attached hydrogens (tertiary/aromatic N) is 5. The zero-order valence-electron chi connectivity index (χ0n) is 16.0. The zero-order valence-corrected chi connectivity index (χ0v) is 16.8. The molecule has 1 aliphatic rings. The van der Waals surface area contributed by atoms with Gasteiger partial charge in [0, 0.05) is 29.7 Å². The van der Waals surface area contributed by atoms with Gasteiger partial charge in [-0.15, -0.1) is 5.10 Å². The summed E-state index contributed by atoms with van der Waals surface area (Å²) in [7, 11) is 0. The molecule has 2 atom stereocenters. The molecule has 0 spiro atoms. The molecule has 0 bridgehead atoms. The number of hydrogen-bond acceptors (Lipinski definition) is 6. The normalized spacial score (nSPS) is 20.6. The summed E-state index contributed by atoms with van der Waals surface area (Å²) < 4.78 is 1.60. The number of aliphatic hydroxyl groups is 1. The number of allylic oxidation sites excluding steroid dienone is 3. The highest BCUT2D eigenvalue weighted by atomic mass is 35.5. The van der Waals surface area contributed by atoms with E-state index < -0.39 is 11.3 Å². The first-order valence-electron chi connectivity index (χ1n) is 9.03. The number of carbonyl (C=O) groups is 1. The lowest BCUT2D eigenvalue weighted by Crippen LogP contribution is -2.39. The standard InChI is InChI=1S/C19H23ClN6O2/c1-11(2)18-23-24-25-26(18)15-6-13(17(21)28)7-19(8-15,12(3)10-27)16-5-4-14(20)9-22-16/h4-6,8-9,11-12,27H,7,10H2,1-3H3,(H2,21,28)/t12-,19?/m1/s1. The van der Waals surface area contributed by atoms with Gasteiger partial charge >= 0.3 is 0 Å². The predicted molar refractivity (Wildman–Crippen MR) is 105 cm³/mol. The molecule has 0 aromatic carbocycles. The highest BCUT2D eigenvalue weighted by Gasteiger charge is 2.42. The van der Waals surface area contributed by atoms with E-state index >= 15 is 0 Å². The number of carbonyl (C=O) groups excluding carboxylic acids is 1. The zero-order chi connectivity index (χ0) is 20.5. The Balaban J connectivity index is 2.25. The van der Waals surface area contributed by atoms with Gasteiger partial charge in [0.25, 0.3) is 0 Å². The van der Waals surface area contributed by atoms with E-state index in [-0.39, 0.29) is 18.4 Å². The Morgan fingerprint density at radius 2 is 2.14 bits per heavy atom. The minimum Gasteiger partial charge on any atom is -0.396 e. The molecule has 0 saturated carbocycles. The number of amides is 1. The molecule has 0 saturated heterocycles. The molecule has 1 aliphatic carbocycles. The third kappa shape index (κ3) is 3.57. The van der Waals surface area contributed by atoms with Crippen LogP contribution in [-0.2, 0) is 10.2 Å². The van der Waals surface area contributed by atoms with Crippen molar-refractivity contribution >= 4 is 23.2 Å². The average Bonchev–Trinajstić information content (AvgIpc) is 3.17. The third-order valence-electron chi connectivity index (χ3n) is 5.14. The second kappa shape index (κ2) is 7.81. The number of pyridine rings is 1. The summed E-state index contributed by atoms with van der Waals surface area (Å²) in [6.07, 6.45) is 5.51. The minimum atomic E-state index is -0.770. The first kappa shape index (κ1) is 20.2. The molecule has 2 aromatic rings. The maximum atomic E-state index is 12.1. The first-order valence-corrected chi connectivity index (χ1v) is 9.41. The van der Waals surface area contributed by atoms with Crippen LogP contribution in [0.15, 0.2) is 36.1 Å². The van der Waals surface area contributed by atoms with Crippen molar-refractivity contribution in [2.24, 2.45) is 11.7 Å². The lowest BCUT2D eigenvalue weighted by Gasteiger charge is -2.38. The molecule has 0 radical (unpaired) electrons. The van der Waals surface area contributed by atoms with E-state index in [4.69, 9.17) is 17.3 Å². The molecule has 0 aliphatic heterocycles. The molecule has 0 fully saturated rings. The van der Waals surface area contributed by atoms with Gasteiger partial charge in [-0.05, 0) is 47.1 Å². The van der Waals surface area contributed by atoms with Crippen LogP contribution in [0.1, 0.15) is 44.6 Å². The fraction of sp³-hybridized carbons (Fsp3) is 0.421. The van der Waals surface area contributed by atoms with E-state index in [0.717, 1.165) is 0 Å². The molecule has 2 heterocycles. The molecule has 8 nitrogen and oxygen atoms in total. The Morgan fingerprint density at radius 3 is 2.71 bits per heavy atom. The van der Waals surface area contributed by atoms with Crippen LogP contribution in [0.4, 0.5) is 0 Å². The van der Waals surface area contributed by atoms with Crippen LogP contribution in [0, 0.1) is 5.92 Å². The van der Waals surface area contributed by atoms with Gasteiger partial charge in [0.05, 0.1) is 16.4 Å². The van der Waals surface area contributed by atoms with Crippen LogP contribution in [0.5, 0.6) is 0 Å². The van der Waals surface area contributed by atoms with Crippen molar-refractivity contribution < 1.29 is 9.90 Å². The Bertz CT molecular complexity index is 934. The summed E-state index contributed by atoms with van der Waals surface area (Å²) in [4.78, 5) is 16.6. The second-order valence-corrected chi connectivity index (χ2v) is 7.81. The summed E-state index contributed by atoms with van der Waals surface area (Å²) in [5.41, 5.74) is 6.59. The number of nitrogens with two attached hydrogens (primary N) is 1. The summed E-state index contributed by atoms with van der Waals surface area (Å²) in [5, 5.41) is 22.5. The van der Waals surface area contributed by atoms with Crippen LogP contribution in [0.25, 0.3) is 5.70 Å². The average molecular weight is 403 g/mol. The second-order valence-electron chi connectivity index (χ2n) is 7.37. The smallest absolute Gasteiger partial charge is 0.244 e. The molecular formula is C19H23ClN6O2. The van der Waals surface area contributed by atoms with Gasteiger partial charge in [0.15, 0.2) is 5.82 Å². The molecule has 28 heavy (non-hydrogen) atoms. The van der Waals surface area contributed by atoms with Gasteiger partial charge in [-0.3, -0.25) is 9.78 Å². The number of primary amides is 1. The molecule has 1 amide bonds. The highest BCUT2D eigenvalue weighted by molar-refractivity contribution is 6.30. The van der Waals surface area contributed by atoms with E-state index in [0.29, 0.717) is 34.2 Å². The Morgan fingerprint density at radius 1 is 1.39 bits per heavy atom. The minimum absolute atomic E-state index is 0.0709. The number of rotatable bonds is 6. The Kier molecular flexibility index (Phi) is 5.62. The molecule has 2 aromatic heterocycles. The van der Waals surface area contributed by atoms with Crippen molar-refractivity contribution in [3.05, 3.63) is 52.6 Å². The van der Waals surface area contributed by atoms with Crippen molar-refractivity contribution in [1.29, 1.82) is 0 Å². The maximum Gasteiger partial charge on any atom is 0.244 e. The van der Waals surface area contributed by atoms with Crippen LogP contribution in [-0.4, -0.2) is 42.8 Å². The number of tetrazole rings is 1. The number of aromatic nitrogens is 5. The summed E-state index contributed by atoms with van der Waals surface area (Å²) in [5.74, 6) is -0.0594. The Labute approximate surface area is 168 Å². The van der Waals surface area contributed by atoms with Crippen LogP contribution in [0.2, 0.25) is 5.02 Å². The first-order chi connectivity index (χ1) is 13.3. The lowest BCUT2D eigenvalue weighted by atomic mass is 9.67. The molecule has 9 heteroatoms. The molecule has 1 unspecified atom stereocenters. The fourth-order valence-corrected chi connectivity index (χ4v) is 3.58. The summed E-state index contributed by atoms with van der Waals surface area (Å²) in [6, 6.07) is 3.54.